The van der Waals surface area contributed by atoms with E-state index in [1.165, 1.54) is 7.11 Å². The Hall–Kier alpha value is -2.16. The Balaban J connectivity index is 4.21. The topological polar surface area (TPSA) is 140 Å². The van der Waals surface area contributed by atoms with Crippen LogP contribution in [-0.4, -0.2) is 56.5 Å². The Labute approximate surface area is 129 Å². The molecule has 0 heterocycles. The number of amides is 3. The normalized spacial score (nSPS) is 11.5. The molecule has 5 N–H and O–H groups in total. The molecule has 22 heavy (non-hydrogen) atoms. The molecule has 0 aromatic carbocycles. The minimum atomic E-state index is -0.758. The number of rotatable bonds is 9. The van der Waals surface area contributed by atoms with E-state index in [4.69, 9.17) is 5.73 Å². The van der Waals surface area contributed by atoms with E-state index in [9.17, 15) is 19.2 Å². The van der Waals surface area contributed by atoms with E-state index in [2.05, 4.69) is 20.7 Å². The van der Waals surface area contributed by atoms with Gasteiger partial charge in [0, 0.05) is 0 Å². The van der Waals surface area contributed by atoms with Crippen molar-refractivity contribution in [3.05, 3.63) is 0 Å². The van der Waals surface area contributed by atoms with Gasteiger partial charge in [-0.1, -0.05) is 13.8 Å². The second-order valence-electron chi connectivity index (χ2n) is 5.03. The Morgan fingerprint density at radius 1 is 1.00 bits per heavy atom. The minimum absolute atomic E-state index is 0.186. The highest BCUT2D eigenvalue weighted by Gasteiger charge is 2.22. The van der Waals surface area contributed by atoms with Crippen LogP contribution in [0.5, 0.6) is 0 Å². The fourth-order valence-corrected chi connectivity index (χ4v) is 1.57. The van der Waals surface area contributed by atoms with Crippen LogP contribution >= 0.6 is 0 Å². The lowest BCUT2D eigenvalue weighted by Gasteiger charge is -2.18. The van der Waals surface area contributed by atoms with E-state index in [0.29, 0.717) is 6.42 Å². The molecule has 0 saturated carbocycles. The molecule has 0 rings (SSSR count). The van der Waals surface area contributed by atoms with Gasteiger partial charge in [0.25, 0.3) is 0 Å². The summed E-state index contributed by atoms with van der Waals surface area (Å²) >= 11 is 0. The maximum absolute atomic E-state index is 11.7. The van der Waals surface area contributed by atoms with Crippen molar-refractivity contribution in [2.45, 2.75) is 26.3 Å². The van der Waals surface area contributed by atoms with Gasteiger partial charge in [0.15, 0.2) is 0 Å². The Kier molecular flexibility index (Phi) is 9.51. The molecule has 126 valence electrons. The van der Waals surface area contributed by atoms with Gasteiger partial charge >= 0.3 is 5.97 Å². The average molecular weight is 316 g/mol. The summed E-state index contributed by atoms with van der Waals surface area (Å²) < 4.78 is 4.62. The Morgan fingerprint density at radius 3 is 2.05 bits per heavy atom. The predicted octanol–water partition coefficient (Wildman–Crippen LogP) is -2.12. The second kappa shape index (κ2) is 10.6. The van der Waals surface area contributed by atoms with Crippen LogP contribution < -0.4 is 21.7 Å². The molecule has 0 spiro atoms. The maximum Gasteiger partial charge on any atom is 0.328 e. The maximum atomic E-state index is 11.7. The summed E-state index contributed by atoms with van der Waals surface area (Å²) in [6.45, 7) is 3.02. The van der Waals surface area contributed by atoms with Gasteiger partial charge in [-0.15, -0.1) is 0 Å². The largest absolute Gasteiger partial charge is 0.467 e. The summed E-state index contributed by atoms with van der Waals surface area (Å²) in [5, 5.41) is 7.08. The molecular formula is C13H24N4O5. The molecule has 0 radical (unpaired) electrons. The summed E-state index contributed by atoms with van der Waals surface area (Å²) in [6.07, 6.45) is 0.429. The number of nitrogens with two attached hydrogens (primary N) is 1. The van der Waals surface area contributed by atoms with Gasteiger partial charge in [-0.3, -0.25) is 14.4 Å². The second-order valence-corrected chi connectivity index (χ2v) is 5.03. The van der Waals surface area contributed by atoms with Crippen molar-refractivity contribution < 1.29 is 23.9 Å². The minimum Gasteiger partial charge on any atom is -0.467 e. The summed E-state index contributed by atoms with van der Waals surface area (Å²) in [4.78, 5) is 45.5. The number of methoxy groups -OCH3 is 1. The van der Waals surface area contributed by atoms with Crippen molar-refractivity contribution in [3.63, 3.8) is 0 Å². The highest BCUT2D eigenvalue weighted by Crippen LogP contribution is 2.05. The van der Waals surface area contributed by atoms with Crippen LogP contribution in [0.25, 0.3) is 0 Å². The van der Waals surface area contributed by atoms with Crippen molar-refractivity contribution in [3.8, 4) is 0 Å². The van der Waals surface area contributed by atoms with Gasteiger partial charge in [-0.25, -0.2) is 4.79 Å². The molecule has 0 aromatic heterocycles. The van der Waals surface area contributed by atoms with E-state index in [1.807, 2.05) is 13.8 Å². The van der Waals surface area contributed by atoms with Crippen molar-refractivity contribution >= 4 is 23.7 Å². The number of hydrogen-bond acceptors (Lipinski definition) is 6. The lowest BCUT2D eigenvalue weighted by molar-refractivity contribution is -0.145. The predicted molar refractivity (Wildman–Crippen MR) is 78.5 cm³/mol. The first-order chi connectivity index (χ1) is 10.3. The van der Waals surface area contributed by atoms with E-state index in [0.717, 1.165) is 0 Å². The van der Waals surface area contributed by atoms with Gasteiger partial charge in [-0.2, -0.15) is 0 Å². The first-order valence-corrected chi connectivity index (χ1v) is 6.90. The average Bonchev–Trinajstić information content (AvgIpc) is 2.48. The van der Waals surface area contributed by atoms with Gasteiger partial charge in [0.05, 0.1) is 26.7 Å². The number of hydrogen-bond donors (Lipinski definition) is 4. The van der Waals surface area contributed by atoms with E-state index < -0.39 is 29.7 Å². The first kappa shape index (κ1) is 19.8. The smallest absolute Gasteiger partial charge is 0.328 e. The standard InChI is InChI=1S/C13H24N4O5/c1-8(2)4-9(13(21)22-3)17-12(20)7-16-11(19)6-15-10(18)5-14/h8-9H,4-7,14H2,1-3H3,(H,15,18)(H,16,19)(H,17,20)/t9-/m0/s1. The summed E-state index contributed by atoms with van der Waals surface area (Å²) in [7, 11) is 1.24. The van der Waals surface area contributed by atoms with Crippen LogP contribution in [0.2, 0.25) is 0 Å². The summed E-state index contributed by atoms with van der Waals surface area (Å²) in [5.74, 6) is -1.87. The van der Waals surface area contributed by atoms with Gasteiger partial charge < -0.3 is 26.4 Å². The van der Waals surface area contributed by atoms with Crippen molar-refractivity contribution in [1.29, 1.82) is 0 Å². The molecule has 0 saturated heterocycles. The monoisotopic (exact) mass is 316 g/mol. The Bertz CT molecular complexity index is 411. The van der Waals surface area contributed by atoms with E-state index in [-0.39, 0.29) is 25.6 Å². The first-order valence-electron chi connectivity index (χ1n) is 6.90. The third-order valence-electron chi connectivity index (χ3n) is 2.61. The third-order valence-corrected chi connectivity index (χ3v) is 2.61. The molecule has 0 aliphatic rings. The molecule has 1 atom stereocenters. The quantitative estimate of drug-likeness (QED) is 0.359. The zero-order valence-corrected chi connectivity index (χ0v) is 13.1. The van der Waals surface area contributed by atoms with Crippen LogP contribution in [0.4, 0.5) is 0 Å². The van der Waals surface area contributed by atoms with Gasteiger partial charge in [0.2, 0.25) is 17.7 Å². The molecule has 0 aromatic rings. The zero-order valence-electron chi connectivity index (χ0n) is 13.1. The lowest BCUT2D eigenvalue weighted by atomic mass is 10.0. The van der Waals surface area contributed by atoms with Crippen molar-refractivity contribution in [2.24, 2.45) is 11.7 Å². The van der Waals surface area contributed by atoms with Crippen LogP contribution in [0.15, 0.2) is 0 Å². The van der Waals surface area contributed by atoms with E-state index >= 15 is 0 Å². The molecule has 3 amide bonds. The highest BCUT2D eigenvalue weighted by molar-refractivity contribution is 5.90. The fourth-order valence-electron chi connectivity index (χ4n) is 1.57. The lowest BCUT2D eigenvalue weighted by Crippen LogP contribution is -2.48. The molecule has 9 heteroatoms. The third kappa shape index (κ3) is 8.90. The number of ether oxygens (including phenoxy) is 1. The molecule has 0 aliphatic carbocycles. The summed E-state index contributed by atoms with van der Waals surface area (Å²) in [6, 6.07) is -0.758. The number of carbonyl (C=O) groups is 4. The van der Waals surface area contributed by atoms with Crippen molar-refractivity contribution in [2.75, 3.05) is 26.7 Å². The van der Waals surface area contributed by atoms with E-state index in [1.54, 1.807) is 0 Å². The number of carbonyl (C=O) groups excluding carboxylic acids is 4. The van der Waals surface area contributed by atoms with Gasteiger partial charge in [0.1, 0.15) is 6.04 Å². The molecule has 0 aliphatic heterocycles. The zero-order chi connectivity index (χ0) is 17.1. The van der Waals surface area contributed by atoms with Crippen LogP contribution in [0.1, 0.15) is 20.3 Å². The highest BCUT2D eigenvalue weighted by atomic mass is 16.5. The number of esters is 1. The van der Waals surface area contributed by atoms with Crippen LogP contribution in [0.3, 0.4) is 0 Å². The molecular weight excluding hydrogens is 292 g/mol. The Morgan fingerprint density at radius 2 is 1.55 bits per heavy atom. The molecule has 0 bridgehead atoms. The summed E-state index contributed by atoms with van der Waals surface area (Å²) in [5.41, 5.74) is 5.06. The molecule has 0 fully saturated rings. The van der Waals surface area contributed by atoms with Crippen molar-refractivity contribution in [1.82, 2.24) is 16.0 Å². The van der Waals surface area contributed by atoms with Crippen LogP contribution in [-0.2, 0) is 23.9 Å². The molecule has 9 nitrogen and oxygen atoms in total. The fraction of sp³-hybridized carbons (Fsp3) is 0.692. The molecule has 0 unspecified atom stereocenters. The SMILES string of the molecule is COC(=O)[C@H](CC(C)C)NC(=O)CNC(=O)CNC(=O)CN. The van der Waals surface area contributed by atoms with Crippen LogP contribution in [0, 0.1) is 5.92 Å². The number of nitrogens with one attached hydrogen (secondary N) is 3. The van der Waals surface area contributed by atoms with Gasteiger partial charge in [-0.05, 0) is 12.3 Å².